The van der Waals surface area contributed by atoms with Gasteiger partial charge in [-0.05, 0) is 12.1 Å². The van der Waals surface area contributed by atoms with Crippen LogP contribution in [0.3, 0.4) is 0 Å². The molecule has 0 aliphatic heterocycles. The number of rotatable bonds is 3. The predicted octanol–water partition coefficient (Wildman–Crippen LogP) is 4.12. The lowest BCUT2D eigenvalue weighted by Gasteiger charge is -2.03. The van der Waals surface area contributed by atoms with Crippen LogP contribution in [-0.2, 0) is 6.42 Å². The van der Waals surface area contributed by atoms with Gasteiger partial charge >= 0.3 is 6.18 Å². The smallest absolute Gasteiger partial charge is 0.389 e. The van der Waals surface area contributed by atoms with Crippen molar-refractivity contribution in [3.8, 4) is 11.5 Å². The maximum Gasteiger partial charge on any atom is 0.389 e. The lowest BCUT2D eigenvalue weighted by molar-refractivity contribution is -0.134. The van der Waals surface area contributed by atoms with Crippen LogP contribution in [-0.4, -0.2) is 16.3 Å². The number of benzene rings is 1. The van der Waals surface area contributed by atoms with E-state index in [-0.39, 0.29) is 33.9 Å². The standard InChI is InChI=1S/C11H8Cl2F3N3O/c12-6-3-5(4-7(13)9(6)17)10-18-8(19-20-10)1-2-11(14,15)16/h3-4H,1-2,17H2. The van der Waals surface area contributed by atoms with Crippen LogP contribution in [0, 0.1) is 0 Å². The fraction of sp³-hybridized carbons (Fsp3) is 0.273. The molecule has 0 fully saturated rings. The Kier molecular flexibility index (Phi) is 4.10. The summed E-state index contributed by atoms with van der Waals surface area (Å²) in [7, 11) is 0. The lowest BCUT2D eigenvalue weighted by atomic mass is 10.2. The molecular weight excluding hydrogens is 318 g/mol. The number of alkyl halides is 3. The van der Waals surface area contributed by atoms with Crippen LogP contribution in [0.15, 0.2) is 16.7 Å². The number of aromatic nitrogens is 2. The van der Waals surface area contributed by atoms with Crippen LogP contribution in [0.4, 0.5) is 18.9 Å². The van der Waals surface area contributed by atoms with E-state index >= 15 is 0 Å². The van der Waals surface area contributed by atoms with Gasteiger partial charge in [-0.15, -0.1) is 0 Å². The highest BCUT2D eigenvalue weighted by Crippen LogP contribution is 2.33. The third-order valence-electron chi connectivity index (χ3n) is 2.43. The van der Waals surface area contributed by atoms with Gasteiger partial charge < -0.3 is 10.3 Å². The summed E-state index contributed by atoms with van der Waals surface area (Å²) in [5, 5.41) is 3.87. The van der Waals surface area contributed by atoms with Crippen molar-refractivity contribution in [3.05, 3.63) is 28.0 Å². The molecule has 0 saturated carbocycles. The molecule has 0 atom stereocenters. The number of halogens is 5. The molecule has 0 aliphatic rings. The molecular formula is C11H8Cl2F3N3O. The van der Waals surface area contributed by atoms with Crippen LogP contribution in [0.2, 0.25) is 10.0 Å². The van der Waals surface area contributed by atoms with Crippen LogP contribution in [0.5, 0.6) is 0 Å². The first kappa shape index (κ1) is 14.9. The SMILES string of the molecule is Nc1c(Cl)cc(-c2nc(CCC(F)(F)F)no2)cc1Cl. The molecule has 2 N–H and O–H groups in total. The average molecular weight is 326 g/mol. The van der Waals surface area contributed by atoms with Crippen LogP contribution in [0.25, 0.3) is 11.5 Å². The summed E-state index contributed by atoms with van der Waals surface area (Å²) >= 11 is 11.7. The molecule has 20 heavy (non-hydrogen) atoms. The van der Waals surface area contributed by atoms with E-state index in [0.29, 0.717) is 5.56 Å². The summed E-state index contributed by atoms with van der Waals surface area (Å²) in [6, 6.07) is 2.90. The Hall–Kier alpha value is -1.47. The first-order chi connectivity index (χ1) is 9.26. The summed E-state index contributed by atoms with van der Waals surface area (Å²) in [6.07, 6.45) is -5.65. The topological polar surface area (TPSA) is 64.9 Å². The molecule has 2 aromatic rings. The van der Waals surface area contributed by atoms with Crippen molar-refractivity contribution in [2.75, 3.05) is 5.73 Å². The summed E-state index contributed by atoms with van der Waals surface area (Å²) in [5.74, 6) is -0.00707. The highest BCUT2D eigenvalue weighted by Gasteiger charge is 2.27. The Labute approximate surface area is 121 Å². The molecule has 0 amide bonds. The average Bonchev–Trinajstić information content (AvgIpc) is 2.81. The molecule has 9 heteroatoms. The van der Waals surface area contributed by atoms with E-state index in [0.717, 1.165) is 0 Å². The Morgan fingerprint density at radius 2 is 1.80 bits per heavy atom. The van der Waals surface area contributed by atoms with Crippen LogP contribution < -0.4 is 5.73 Å². The van der Waals surface area contributed by atoms with Crippen molar-refractivity contribution in [1.29, 1.82) is 0 Å². The summed E-state index contributed by atoms with van der Waals surface area (Å²) < 4.78 is 41.1. The van der Waals surface area contributed by atoms with Crippen molar-refractivity contribution in [1.82, 2.24) is 10.1 Å². The van der Waals surface area contributed by atoms with Crippen molar-refractivity contribution in [3.63, 3.8) is 0 Å². The zero-order valence-corrected chi connectivity index (χ0v) is 11.4. The van der Waals surface area contributed by atoms with Gasteiger partial charge in [0.1, 0.15) is 0 Å². The number of hydrogen-bond donors (Lipinski definition) is 1. The van der Waals surface area contributed by atoms with Gasteiger partial charge in [-0.1, -0.05) is 28.4 Å². The van der Waals surface area contributed by atoms with Gasteiger partial charge in [0, 0.05) is 12.0 Å². The molecule has 0 spiro atoms. The van der Waals surface area contributed by atoms with Gasteiger partial charge in [-0.25, -0.2) is 0 Å². The Morgan fingerprint density at radius 1 is 1.20 bits per heavy atom. The number of nitrogens with two attached hydrogens (primary N) is 1. The molecule has 0 radical (unpaired) electrons. The molecule has 1 aromatic heterocycles. The summed E-state index contributed by atoms with van der Waals surface area (Å²) in [5.41, 5.74) is 6.17. The van der Waals surface area contributed by atoms with Gasteiger partial charge in [0.05, 0.1) is 22.2 Å². The minimum atomic E-state index is -4.27. The maximum atomic E-state index is 12.1. The lowest BCUT2D eigenvalue weighted by Crippen LogP contribution is -2.09. The second-order valence-corrected chi connectivity index (χ2v) is 4.80. The fourth-order valence-electron chi connectivity index (χ4n) is 1.43. The van der Waals surface area contributed by atoms with Gasteiger partial charge in [0.15, 0.2) is 5.82 Å². The highest BCUT2D eigenvalue weighted by molar-refractivity contribution is 6.39. The van der Waals surface area contributed by atoms with E-state index < -0.39 is 12.6 Å². The number of aryl methyl sites for hydroxylation is 1. The molecule has 4 nitrogen and oxygen atoms in total. The number of nitrogen functional groups attached to an aromatic ring is 1. The Bertz CT molecular complexity index is 605. The van der Waals surface area contributed by atoms with Crippen molar-refractivity contribution in [2.45, 2.75) is 19.0 Å². The largest absolute Gasteiger partial charge is 0.396 e. The third-order valence-corrected chi connectivity index (χ3v) is 3.05. The third kappa shape index (κ3) is 3.55. The first-order valence-electron chi connectivity index (χ1n) is 5.40. The maximum absolute atomic E-state index is 12.1. The Balaban J connectivity index is 2.21. The quantitative estimate of drug-likeness (QED) is 0.862. The van der Waals surface area contributed by atoms with E-state index in [4.69, 9.17) is 33.5 Å². The van der Waals surface area contributed by atoms with Crippen molar-refractivity contribution >= 4 is 28.9 Å². The Morgan fingerprint density at radius 3 is 2.35 bits per heavy atom. The van der Waals surface area contributed by atoms with Gasteiger partial charge in [0.2, 0.25) is 0 Å². The molecule has 0 saturated heterocycles. The second-order valence-electron chi connectivity index (χ2n) is 3.98. The fourth-order valence-corrected chi connectivity index (χ4v) is 1.92. The number of hydrogen-bond acceptors (Lipinski definition) is 4. The number of nitrogens with zero attached hydrogens (tertiary/aromatic N) is 2. The van der Waals surface area contributed by atoms with Crippen molar-refractivity contribution < 1.29 is 17.7 Å². The summed E-state index contributed by atoms with van der Waals surface area (Å²) in [6.45, 7) is 0. The zero-order valence-electron chi connectivity index (χ0n) is 9.84. The van der Waals surface area contributed by atoms with E-state index in [1.165, 1.54) is 12.1 Å². The minimum absolute atomic E-state index is 0.0333. The van der Waals surface area contributed by atoms with Crippen LogP contribution >= 0.6 is 23.2 Å². The van der Waals surface area contributed by atoms with Crippen molar-refractivity contribution in [2.24, 2.45) is 0 Å². The molecule has 1 aromatic carbocycles. The second kappa shape index (κ2) is 5.49. The molecule has 108 valence electrons. The normalized spacial score (nSPS) is 11.8. The molecule has 0 unspecified atom stereocenters. The van der Waals surface area contributed by atoms with E-state index in [2.05, 4.69) is 10.1 Å². The summed E-state index contributed by atoms with van der Waals surface area (Å²) in [4.78, 5) is 3.86. The van der Waals surface area contributed by atoms with Crippen LogP contribution in [0.1, 0.15) is 12.2 Å². The van der Waals surface area contributed by atoms with E-state index in [9.17, 15) is 13.2 Å². The monoisotopic (exact) mass is 325 g/mol. The predicted molar refractivity (Wildman–Crippen MR) is 68.5 cm³/mol. The van der Waals surface area contributed by atoms with E-state index in [1.54, 1.807) is 0 Å². The van der Waals surface area contributed by atoms with E-state index in [1.807, 2.05) is 0 Å². The molecule has 0 bridgehead atoms. The molecule has 2 rings (SSSR count). The van der Waals surface area contributed by atoms with Gasteiger partial charge in [0.25, 0.3) is 5.89 Å². The van der Waals surface area contributed by atoms with Gasteiger partial charge in [-0.2, -0.15) is 18.2 Å². The minimum Gasteiger partial charge on any atom is -0.396 e. The molecule has 1 heterocycles. The highest BCUT2D eigenvalue weighted by atomic mass is 35.5. The first-order valence-corrected chi connectivity index (χ1v) is 6.16. The van der Waals surface area contributed by atoms with Gasteiger partial charge in [-0.3, -0.25) is 0 Å². The number of anilines is 1. The zero-order chi connectivity index (χ0) is 14.9. The molecule has 0 aliphatic carbocycles.